The van der Waals surface area contributed by atoms with Crippen molar-refractivity contribution in [3.8, 4) is 0 Å². The van der Waals surface area contributed by atoms with Gasteiger partial charge in [-0.2, -0.15) is 0 Å². The standard InChI is InChI=1S/C13H17N3OS/c1-16(2)8-5-9-18-13-14-11-7-4-3-6-10(11)12(17)15-13/h3-4,6-7H,5,8-9H2,1-2H3,(H,14,15,17). The summed E-state index contributed by atoms with van der Waals surface area (Å²) in [6.45, 7) is 1.05. The van der Waals surface area contributed by atoms with Gasteiger partial charge in [0.05, 0.1) is 10.9 Å². The number of thioether (sulfide) groups is 1. The van der Waals surface area contributed by atoms with Gasteiger partial charge in [-0.05, 0) is 39.2 Å². The van der Waals surface area contributed by atoms with E-state index in [4.69, 9.17) is 0 Å². The molecule has 5 heteroatoms. The summed E-state index contributed by atoms with van der Waals surface area (Å²) >= 11 is 1.60. The van der Waals surface area contributed by atoms with Crippen LogP contribution in [0.1, 0.15) is 6.42 Å². The summed E-state index contributed by atoms with van der Waals surface area (Å²) in [7, 11) is 4.11. The molecule has 2 rings (SSSR count). The van der Waals surface area contributed by atoms with E-state index >= 15 is 0 Å². The third-order valence-electron chi connectivity index (χ3n) is 2.58. The fourth-order valence-corrected chi connectivity index (χ4v) is 2.48. The molecule has 0 bridgehead atoms. The molecular formula is C13H17N3OS. The summed E-state index contributed by atoms with van der Waals surface area (Å²) in [5.74, 6) is 0.958. The van der Waals surface area contributed by atoms with Crippen LogP contribution in [0.15, 0.2) is 34.2 Å². The highest BCUT2D eigenvalue weighted by Gasteiger charge is 2.03. The van der Waals surface area contributed by atoms with Gasteiger partial charge >= 0.3 is 0 Å². The SMILES string of the molecule is CN(C)CCCSc1nc2ccccc2c(=O)[nH]1. The molecule has 1 N–H and O–H groups in total. The van der Waals surface area contributed by atoms with Gasteiger partial charge in [-0.1, -0.05) is 23.9 Å². The number of benzene rings is 1. The Labute approximate surface area is 110 Å². The molecule has 0 aliphatic heterocycles. The van der Waals surface area contributed by atoms with Crippen molar-refractivity contribution in [3.63, 3.8) is 0 Å². The van der Waals surface area contributed by atoms with Crippen LogP contribution in [0.5, 0.6) is 0 Å². The number of para-hydroxylation sites is 1. The van der Waals surface area contributed by atoms with E-state index in [0.717, 1.165) is 24.2 Å². The van der Waals surface area contributed by atoms with Gasteiger partial charge in [-0.15, -0.1) is 0 Å². The van der Waals surface area contributed by atoms with E-state index in [9.17, 15) is 4.79 Å². The molecule has 2 aromatic rings. The topological polar surface area (TPSA) is 49.0 Å². The van der Waals surface area contributed by atoms with Crippen molar-refractivity contribution in [2.75, 3.05) is 26.4 Å². The number of aromatic amines is 1. The van der Waals surface area contributed by atoms with Gasteiger partial charge in [-0.3, -0.25) is 4.79 Å². The van der Waals surface area contributed by atoms with Gasteiger partial charge in [0.1, 0.15) is 0 Å². The second-order valence-corrected chi connectivity index (χ2v) is 5.48. The summed E-state index contributed by atoms with van der Waals surface area (Å²) in [6.07, 6.45) is 1.08. The molecule has 0 fully saturated rings. The minimum Gasteiger partial charge on any atom is -0.309 e. The molecule has 0 unspecified atom stereocenters. The number of hydrogen-bond acceptors (Lipinski definition) is 4. The van der Waals surface area contributed by atoms with E-state index < -0.39 is 0 Å². The van der Waals surface area contributed by atoms with Gasteiger partial charge in [0.25, 0.3) is 5.56 Å². The Balaban J connectivity index is 2.08. The number of hydrogen-bond donors (Lipinski definition) is 1. The van der Waals surface area contributed by atoms with Crippen LogP contribution in [-0.4, -0.2) is 41.3 Å². The first-order chi connectivity index (χ1) is 8.66. The molecule has 0 aliphatic carbocycles. The average Bonchev–Trinajstić information content (AvgIpc) is 2.35. The van der Waals surface area contributed by atoms with Gasteiger partial charge in [0.2, 0.25) is 0 Å². The summed E-state index contributed by atoms with van der Waals surface area (Å²) in [5, 5.41) is 1.35. The molecule has 1 aromatic carbocycles. The van der Waals surface area contributed by atoms with Crippen molar-refractivity contribution < 1.29 is 0 Å². The van der Waals surface area contributed by atoms with Crippen molar-refractivity contribution in [2.45, 2.75) is 11.6 Å². The quantitative estimate of drug-likeness (QED) is 0.509. The molecule has 0 amide bonds. The van der Waals surface area contributed by atoms with E-state index in [1.165, 1.54) is 0 Å². The first-order valence-electron chi connectivity index (χ1n) is 5.93. The molecule has 0 saturated carbocycles. The molecule has 0 aliphatic rings. The number of aromatic nitrogens is 2. The Kier molecular flexibility index (Phi) is 4.38. The number of nitrogens with zero attached hydrogens (tertiary/aromatic N) is 2. The van der Waals surface area contributed by atoms with Crippen LogP contribution in [0.3, 0.4) is 0 Å². The molecule has 0 atom stereocenters. The van der Waals surface area contributed by atoms with Crippen LogP contribution in [0, 0.1) is 0 Å². The summed E-state index contributed by atoms with van der Waals surface area (Å²) in [4.78, 5) is 21.2. The Morgan fingerprint density at radius 3 is 2.89 bits per heavy atom. The summed E-state index contributed by atoms with van der Waals surface area (Å²) < 4.78 is 0. The molecule has 0 radical (unpaired) electrons. The first kappa shape index (κ1) is 13.1. The van der Waals surface area contributed by atoms with Crippen LogP contribution in [-0.2, 0) is 0 Å². The zero-order chi connectivity index (χ0) is 13.0. The van der Waals surface area contributed by atoms with Crippen molar-refractivity contribution in [1.29, 1.82) is 0 Å². The molecule has 1 aromatic heterocycles. The van der Waals surface area contributed by atoms with E-state index in [1.54, 1.807) is 17.8 Å². The molecule has 4 nitrogen and oxygen atoms in total. The Bertz CT molecular complexity index is 580. The molecule has 0 spiro atoms. The largest absolute Gasteiger partial charge is 0.309 e. The van der Waals surface area contributed by atoms with Crippen LogP contribution < -0.4 is 5.56 Å². The lowest BCUT2D eigenvalue weighted by atomic mass is 10.2. The molecule has 0 saturated heterocycles. The zero-order valence-electron chi connectivity index (χ0n) is 10.6. The van der Waals surface area contributed by atoms with Crippen molar-refractivity contribution in [3.05, 3.63) is 34.6 Å². The third kappa shape index (κ3) is 3.34. The zero-order valence-corrected chi connectivity index (χ0v) is 11.5. The lowest BCUT2D eigenvalue weighted by Gasteiger charge is -2.08. The maximum atomic E-state index is 11.8. The van der Waals surface area contributed by atoms with E-state index in [-0.39, 0.29) is 5.56 Å². The highest BCUT2D eigenvalue weighted by molar-refractivity contribution is 7.99. The molecule has 96 valence electrons. The monoisotopic (exact) mass is 263 g/mol. The van der Waals surface area contributed by atoms with Crippen LogP contribution in [0.25, 0.3) is 10.9 Å². The Morgan fingerprint density at radius 2 is 2.11 bits per heavy atom. The van der Waals surface area contributed by atoms with Crippen LogP contribution in [0.4, 0.5) is 0 Å². The highest BCUT2D eigenvalue weighted by Crippen LogP contribution is 2.15. The predicted molar refractivity (Wildman–Crippen MR) is 76.3 cm³/mol. The first-order valence-corrected chi connectivity index (χ1v) is 6.92. The van der Waals surface area contributed by atoms with E-state index in [0.29, 0.717) is 10.5 Å². The average molecular weight is 263 g/mol. The lowest BCUT2D eigenvalue weighted by Crippen LogP contribution is -2.14. The lowest BCUT2D eigenvalue weighted by molar-refractivity contribution is 0.410. The second kappa shape index (κ2) is 6.02. The van der Waals surface area contributed by atoms with Crippen LogP contribution >= 0.6 is 11.8 Å². The Hall–Kier alpha value is -1.33. The Morgan fingerprint density at radius 1 is 1.33 bits per heavy atom. The smallest absolute Gasteiger partial charge is 0.259 e. The van der Waals surface area contributed by atoms with Crippen molar-refractivity contribution in [2.24, 2.45) is 0 Å². The predicted octanol–water partition coefficient (Wildman–Crippen LogP) is 1.97. The second-order valence-electron chi connectivity index (χ2n) is 4.39. The van der Waals surface area contributed by atoms with E-state index in [1.807, 2.05) is 18.2 Å². The van der Waals surface area contributed by atoms with Gasteiger partial charge in [-0.25, -0.2) is 4.98 Å². The van der Waals surface area contributed by atoms with Crippen molar-refractivity contribution in [1.82, 2.24) is 14.9 Å². The normalized spacial score (nSPS) is 11.3. The number of nitrogens with one attached hydrogen (secondary N) is 1. The maximum absolute atomic E-state index is 11.8. The summed E-state index contributed by atoms with van der Waals surface area (Å²) in [6, 6.07) is 7.41. The van der Waals surface area contributed by atoms with Crippen LogP contribution in [0.2, 0.25) is 0 Å². The molecular weight excluding hydrogens is 246 g/mol. The van der Waals surface area contributed by atoms with Gasteiger partial charge < -0.3 is 9.88 Å². The molecule has 1 heterocycles. The van der Waals surface area contributed by atoms with Crippen molar-refractivity contribution >= 4 is 22.7 Å². The minimum atomic E-state index is -0.0595. The molecule has 18 heavy (non-hydrogen) atoms. The van der Waals surface area contributed by atoms with E-state index in [2.05, 4.69) is 29.0 Å². The fourth-order valence-electron chi connectivity index (χ4n) is 1.68. The summed E-state index contributed by atoms with van der Waals surface area (Å²) in [5.41, 5.74) is 0.701. The minimum absolute atomic E-state index is 0.0595. The third-order valence-corrected chi connectivity index (χ3v) is 3.54. The number of rotatable bonds is 5. The maximum Gasteiger partial charge on any atom is 0.259 e. The number of fused-ring (bicyclic) bond motifs is 1. The highest BCUT2D eigenvalue weighted by atomic mass is 32.2. The number of H-pyrrole nitrogens is 1. The van der Waals surface area contributed by atoms with Gasteiger partial charge in [0.15, 0.2) is 5.16 Å². The fraction of sp³-hybridized carbons (Fsp3) is 0.385. The van der Waals surface area contributed by atoms with Gasteiger partial charge in [0, 0.05) is 5.75 Å².